The summed E-state index contributed by atoms with van der Waals surface area (Å²) in [6, 6.07) is 5.59. The van der Waals surface area contributed by atoms with Gasteiger partial charge < -0.3 is 20.7 Å². The lowest BCUT2D eigenvalue weighted by Crippen LogP contribution is -2.30. The zero-order valence-electron chi connectivity index (χ0n) is 11.5. The maximum Gasteiger partial charge on any atom is 0.253 e. The van der Waals surface area contributed by atoms with Crippen LogP contribution < -0.4 is 11.1 Å². The van der Waals surface area contributed by atoms with Gasteiger partial charge in [0, 0.05) is 32.3 Å². The maximum absolute atomic E-state index is 11.9. The molecule has 1 saturated heterocycles. The molecule has 1 aromatic carbocycles. The molecule has 1 atom stereocenters. The summed E-state index contributed by atoms with van der Waals surface area (Å²) < 4.78 is 5.43. The van der Waals surface area contributed by atoms with Gasteiger partial charge in [0.2, 0.25) is 0 Å². The molecule has 2 rings (SSSR count). The average molecular weight is 263 g/mol. The Kier molecular flexibility index (Phi) is 4.27. The predicted octanol–water partition coefficient (Wildman–Crippen LogP) is 1.56. The highest BCUT2D eigenvalue weighted by Gasteiger charge is 2.16. The SMILES string of the molecule is CN(C)C(=O)c1ccc(N)c(NC2CCCOC2)c1. The second-order valence-corrected chi connectivity index (χ2v) is 5.06. The molecule has 1 fully saturated rings. The van der Waals surface area contributed by atoms with Crippen LogP contribution in [0.1, 0.15) is 23.2 Å². The summed E-state index contributed by atoms with van der Waals surface area (Å²) in [7, 11) is 3.47. The Morgan fingerprint density at radius 1 is 1.47 bits per heavy atom. The molecule has 19 heavy (non-hydrogen) atoms. The van der Waals surface area contributed by atoms with Gasteiger partial charge in [-0.05, 0) is 31.0 Å². The van der Waals surface area contributed by atoms with Gasteiger partial charge in [0.1, 0.15) is 0 Å². The first-order chi connectivity index (χ1) is 9.08. The molecule has 1 amide bonds. The van der Waals surface area contributed by atoms with Crippen LogP contribution >= 0.6 is 0 Å². The van der Waals surface area contributed by atoms with Gasteiger partial charge in [0.15, 0.2) is 0 Å². The summed E-state index contributed by atoms with van der Waals surface area (Å²) in [6.07, 6.45) is 2.11. The van der Waals surface area contributed by atoms with E-state index in [1.165, 1.54) is 0 Å². The third-order valence-electron chi connectivity index (χ3n) is 3.23. The molecule has 0 aromatic heterocycles. The molecule has 5 nitrogen and oxygen atoms in total. The number of carbonyl (C=O) groups excluding carboxylic acids is 1. The number of nitrogens with zero attached hydrogens (tertiary/aromatic N) is 1. The molecule has 0 saturated carbocycles. The number of amides is 1. The smallest absolute Gasteiger partial charge is 0.253 e. The summed E-state index contributed by atoms with van der Waals surface area (Å²) in [5.74, 6) is -0.0251. The Morgan fingerprint density at radius 3 is 2.89 bits per heavy atom. The average Bonchev–Trinajstić information content (AvgIpc) is 2.41. The standard InChI is InChI=1S/C14H21N3O2/c1-17(2)14(18)10-5-6-12(15)13(8-10)16-11-4-3-7-19-9-11/h5-6,8,11,16H,3-4,7,9,15H2,1-2H3. The summed E-state index contributed by atoms with van der Waals surface area (Å²) >= 11 is 0. The molecule has 1 heterocycles. The summed E-state index contributed by atoms with van der Waals surface area (Å²) in [5, 5.41) is 3.36. The highest BCUT2D eigenvalue weighted by molar-refractivity contribution is 5.95. The Bertz CT molecular complexity index is 454. The van der Waals surface area contributed by atoms with Crippen LogP contribution in [-0.4, -0.2) is 44.2 Å². The van der Waals surface area contributed by atoms with Crippen molar-refractivity contribution >= 4 is 17.3 Å². The number of ether oxygens (including phenoxy) is 1. The van der Waals surface area contributed by atoms with Crippen LogP contribution in [-0.2, 0) is 4.74 Å². The van der Waals surface area contributed by atoms with E-state index in [-0.39, 0.29) is 11.9 Å². The largest absolute Gasteiger partial charge is 0.397 e. The van der Waals surface area contributed by atoms with Crippen LogP contribution in [0.4, 0.5) is 11.4 Å². The quantitative estimate of drug-likeness (QED) is 0.812. The Balaban J connectivity index is 2.14. The molecule has 1 aromatic rings. The predicted molar refractivity (Wildman–Crippen MR) is 76.3 cm³/mol. The molecular formula is C14H21N3O2. The van der Waals surface area contributed by atoms with Gasteiger partial charge in [-0.1, -0.05) is 0 Å². The molecule has 5 heteroatoms. The topological polar surface area (TPSA) is 67.6 Å². The molecule has 0 spiro atoms. The number of carbonyl (C=O) groups is 1. The molecular weight excluding hydrogens is 242 g/mol. The van der Waals surface area contributed by atoms with E-state index in [0.717, 1.165) is 25.1 Å². The van der Waals surface area contributed by atoms with E-state index in [1.54, 1.807) is 31.1 Å². The Hall–Kier alpha value is -1.75. The second-order valence-electron chi connectivity index (χ2n) is 5.06. The van der Waals surface area contributed by atoms with E-state index in [1.807, 2.05) is 6.07 Å². The van der Waals surface area contributed by atoms with Gasteiger partial charge in [-0.15, -0.1) is 0 Å². The molecule has 0 bridgehead atoms. The minimum absolute atomic E-state index is 0.0251. The van der Waals surface area contributed by atoms with Crippen molar-refractivity contribution in [1.82, 2.24) is 4.90 Å². The van der Waals surface area contributed by atoms with Crippen LogP contribution in [0.5, 0.6) is 0 Å². The Morgan fingerprint density at radius 2 is 2.26 bits per heavy atom. The lowest BCUT2D eigenvalue weighted by Gasteiger charge is -2.25. The monoisotopic (exact) mass is 263 g/mol. The van der Waals surface area contributed by atoms with Crippen molar-refractivity contribution in [3.63, 3.8) is 0 Å². The van der Waals surface area contributed by atoms with E-state index in [4.69, 9.17) is 10.5 Å². The molecule has 1 unspecified atom stereocenters. The van der Waals surface area contributed by atoms with E-state index in [0.29, 0.717) is 17.9 Å². The molecule has 3 N–H and O–H groups in total. The van der Waals surface area contributed by atoms with Crippen LogP contribution in [0.3, 0.4) is 0 Å². The van der Waals surface area contributed by atoms with Crippen LogP contribution in [0.25, 0.3) is 0 Å². The minimum Gasteiger partial charge on any atom is -0.397 e. The summed E-state index contributed by atoms with van der Waals surface area (Å²) in [6.45, 7) is 1.51. The van der Waals surface area contributed by atoms with Gasteiger partial charge in [-0.25, -0.2) is 0 Å². The van der Waals surface area contributed by atoms with E-state index in [9.17, 15) is 4.79 Å². The fourth-order valence-corrected chi connectivity index (χ4v) is 2.15. The van der Waals surface area contributed by atoms with Crippen molar-refractivity contribution in [2.45, 2.75) is 18.9 Å². The molecule has 0 aliphatic carbocycles. The molecule has 1 aliphatic heterocycles. The van der Waals surface area contributed by atoms with Crippen molar-refractivity contribution in [2.75, 3.05) is 38.4 Å². The zero-order valence-corrected chi connectivity index (χ0v) is 11.5. The third kappa shape index (κ3) is 3.38. The van der Waals surface area contributed by atoms with Crippen molar-refractivity contribution in [3.8, 4) is 0 Å². The normalized spacial score (nSPS) is 18.9. The van der Waals surface area contributed by atoms with Gasteiger partial charge in [-0.3, -0.25) is 4.79 Å². The number of anilines is 2. The number of nitrogen functional groups attached to an aromatic ring is 1. The number of rotatable bonds is 3. The number of nitrogens with two attached hydrogens (primary N) is 1. The second kappa shape index (κ2) is 5.93. The molecule has 1 aliphatic rings. The highest BCUT2D eigenvalue weighted by atomic mass is 16.5. The Labute approximate surface area is 113 Å². The third-order valence-corrected chi connectivity index (χ3v) is 3.23. The van der Waals surface area contributed by atoms with E-state index >= 15 is 0 Å². The zero-order chi connectivity index (χ0) is 13.8. The van der Waals surface area contributed by atoms with Crippen LogP contribution in [0.2, 0.25) is 0 Å². The lowest BCUT2D eigenvalue weighted by molar-refractivity contribution is 0.0827. The first kappa shape index (κ1) is 13.7. The van der Waals surface area contributed by atoms with Gasteiger partial charge in [0.25, 0.3) is 5.91 Å². The maximum atomic E-state index is 11.9. The summed E-state index contributed by atoms with van der Waals surface area (Å²) in [5.41, 5.74) is 8.05. The lowest BCUT2D eigenvalue weighted by atomic mass is 10.1. The van der Waals surface area contributed by atoms with Crippen molar-refractivity contribution in [1.29, 1.82) is 0 Å². The van der Waals surface area contributed by atoms with Gasteiger partial charge >= 0.3 is 0 Å². The first-order valence-electron chi connectivity index (χ1n) is 6.53. The van der Waals surface area contributed by atoms with E-state index < -0.39 is 0 Å². The van der Waals surface area contributed by atoms with Crippen molar-refractivity contribution < 1.29 is 9.53 Å². The number of hydrogen-bond donors (Lipinski definition) is 2. The number of benzene rings is 1. The van der Waals surface area contributed by atoms with Gasteiger partial charge in [-0.2, -0.15) is 0 Å². The van der Waals surface area contributed by atoms with Crippen LogP contribution in [0.15, 0.2) is 18.2 Å². The fraction of sp³-hybridized carbons (Fsp3) is 0.500. The van der Waals surface area contributed by atoms with Crippen molar-refractivity contribution in [3.05, 3.63) is 23.8 Å². The first-order valence-corrected chi connectivity index (χ1v) is 6.53. The van der Waals surface area contributed by atoms with Gasteiger partial charge in [0.05, 0.1) is 18.0 Å². The fourth-order valence-electron chi connectivity index (χ4n) is 2.15. The number of hydrogen-bond acceptors (Lipinski definition) is 4. The molecule has 0 radical (unpaired) electrons. The highest BCUT2D eigenvalue weighted by Crippen LogP contribution is 2.23. The van der Waals surface area contributed by atoms with Crippen molar-refractivity contribution in [2.24, 2.45) is 0 Å². The van der Waals surface area contributed by atoms with E-state index in [2.05, 4.69) is 5.32 Å². The molecule has 104 valence electrons. The summed E-state index contributed by atoms with van der Waals surface area (Å²) in [4.78, 5) is 13.5. The minimum atomic E-state index is -0.0251. The number of nitrogens with one attached hydrogen (secondary N) is 1. The van der Waals surface area contributed by atoms with Crippen LogP contribution in [0, 0.1) is 0 Å².